The summed E-state index contributed by atoms with van der Waals surface area (Å²) in [5.41, 5.74) is 8.13. The van der Waals surface area contributed by atoms with Gasteiger partial charge in [0, 0.05) is 0 Å². The maximum Gasteiger partial charge on any atom is 0.270 e. The molecule has 2 aliphatic heterocycles. The van der Waals surface area contributed by atoms with Gasteiger partial charge >= 0.3 is 0 Å². The van der Waals surface area contributed by atoms with Gasteiger partial charge in [0.2, 0.25) is 8.32 Å². The second-order valence-electron chi connectivity index (χ2n) is 9.39. The van der Waals surface area contributed by atoms with E-state index in [2.05, 4.69) is 46.9 Å². The number of carbonyl (C=O) groups is 3. The molecular formula is C23H33N3O4Si. The molecule has 7 nitrogen and oxygen atoms in total. The van der Waals surface area contributed by atoms with Gasteiger partial charge in [-0.15, -0.1) is 0 Å². The highest BCUT2D eigenvalue weighted by Crippen LogP contribution is 2.43. The molecule has 3 amide bonds. The zero-order chi connectivity index (χ0) is 23.2. The van der Waals surface area contributed by atoms with Crippen molar-refractivity contribution >= 4 is 26.0 Å². The SMILES string of the molecule is CC(C)[Si](O[C@@H](C)[C@H]1NC(=O)C(N2C(=O)c3ccccc3C2=O)=C1N)(C(C)C)C(C)C. The van der Waals surface area contributed by atoms with Crippen molar-refractivity contribution in [2.75, 3.05) is 0 Å². The van der Waals surface area contributed by atoms with Gasteiger partial charge in [0.05, 0.1) is 29.0 Å². The van der Waals surface area contributed by atoms with Crippen molar-refractivity contribution in [2.24, 2.45) is 5.73 Å². The zero-order valence-electron chi connectivity index (χ0n) is 19.4. The number of fused-ring (bicyclic) bond motifs is 1. The van der Waals surface area contributed by atoms with Crippen molar-refractivity contribution in [3.8, 4) is 0 Å². The first-order chi connectivity index (χ1) is 14.4. The van der Waals surface area contributed by atoms with E-state index in [0.717, 1.165) is 4.90 Å². The third-order valence-corrected chi connectivity index (χ3v) is 12.9. The molecule has 2 atom stereocenters. The molecule has 0 bridgehead atoms. The predicted octanol–water partition coefficient (Wildman–Crippen LogP) is 3.53. The molecule has 0 aromatic heterocycles. The first-order valence-electron chi connectivity index (χ1n) is 10.9. The van der Waals surface area contributed by atoms with E-state index in [-0.39, 0.29) is 22.5 Å². The van der Waals surface area contributed by atoms with Crippen LogP contribution in [0.3, 0.4) is 0 Å². The van der Waals surface area contributed by atoms with Crippen molar-refractivity contribution in [1.82, 2.24) is 10.2 Å². The van der Waals surface area contributed by atoms with Crippen LogP contribution in [0, 0.1) is 0 Å². The Morgan fingerprint density at radius 1 is 0.903 bits per heavy atom. The summed E-state index contributed by atoms with van der Waals surface area (Å²) in [6.45, 7) is 15.0. The van der Waals surface area contributed by atoms with E-state index in [1.807, 2.05) is 6.92 Å². The second-order valence-corrected chi connectivity index (χ2v) is 14.8. The summed E-state index contributed by atoms with van der Waals surface area (Å²) in [6, 6.07) is 5.93. The van der Waals surface area contributed by atoms with Gasteiger partial charge in [-0.1, -0.05) is 53.7 Å². The molecule has 0 saturated carbocycles. The van der Waals surface area contributed by atoms with E-state index >= 15 is 0 Å². The Labute approximate surface area is 185 Å². The second kappa shape index (κ2) is 8.24. The Morgan fingerprint density at radius 3 is 1.77 bits per heavy atom. The molecule has 2 aliphatic rings. The predicted molar refractivity (Wildman–Crippen MR) is 122 cm³/mol. The van der Waals surface area contributed by atoms with Gasteiger partial charge < -0.3 is 15.5 Å². The lowest BCUT2D eigenvalue weighted by atomic mass is 10.1. The monoisotopic (exact) mass is 443 g/mol. The third-order valence-electron chi connectivity index (χ3n) is 6.69. The molecule has 0 saturated heterocycles. The van der Waals surface area contributed by atoms with E-state index in [1.165, 1.54) is 0 Å². The summed E-state index contributed by atoms with van der Waals surface area (Å²) in [5, 5.41) is 2.85. The molecule has 0 unspecified atom stereocenters. The highest BCUT2D eigenvalue weighted by molar-refractivity contribution is 6.77. The highest BCUT2D eigenvalue weighted by Gasteiger charge is 2.50. The van der Waals surface area contributed by atoms with Crippen molar-refractivity contribution in [1.29, 1.82) is 0 Å². The van der Waals surface area contributed by atoms with Gasteiger partial charge in [-0.3, -0.25) is 14.4 Å². The van der Waals surface area contributed by atoms with Gasteiger partial charge in [0.25, 0.3) is 17.7 Å². The minimum Gasteiger partial charge on any atom is -0.411 e. The van der Waals surface area contributed by atoms with Crippen LogP contribution >= 0.6 is 0 Å². The Balaban J connectivity index is 1.95. The van der Waals surface area contributed by atoms with Gasteiger partial charge in [0.15, 0.2) is 0 Å². The number of hydrogen-bond donors (Lipinski definition) is 2. The average Bonchev–Trinajstić information content (AvgIpc) is 3.12. The number of hydrogen-bond acceptors (Lipinski definition) is 5. The Kier molecular flexibility index (Phi) is 6.17. The molecule has 0 spiro atoms. The number of nitrogens with one attached hydrogen (secondary N) is 1. The molecule has 8 heteroatoms. The molecule has 31 heavy (non-hydrogen) atoms. The maximum absolute atomic E-state index is 12.9. The number of carbonyl (C=O) groups excluding carboxylic acids is 3. The fraction of sp³-hybridized carbons (Fsp3) is 0.522. The molecule has 3 N–H and O–H groups in total. The van der Waals surface area contributed by atoms with E-state index in [4.69, 9.17) is 10.2 Å². The minimum atomic E-state index is -2.22. The van der Waals surface area contributed by atoms with Gasteiger partial charge in [-0.05, 0) is 35.7 Å². The molecule has 1 aromatic carbocycles. The van der Waals surface area contributed by atoms with E-state index in [1.54, 1.807) is 24.3 Å². The van der Waals surface area contributed by atoms with Crippen molar-refractivity contribution in [2.45, 2.75) is 77.2 Å². The Morgan fingerprint density at radius 2 is 1.35 bits per heavy atom. The summed E-state index contributed by atoms with van der Waals surface area (Å²) in [6.07, 6.45) is -0.393. The van der Waals surface area contributed by atoms with Gasteiger partial charge in [-0.25, -0.2) is 4.90 Å². The number of rotatable bonds is 7. The Bertz CT molecular complexity index is 897. The van der Waals surface area contributed by atoms with Gasteiger partial charge in [-0.2, -0.15) is 0 Å². The van der Waals surface area contributed by atoms with Gasteiger partial charge in [0.1, 0.15) is 5.70 Å². The summed E-state index contributed by atoms with van der Waals surface area (Å²) >= 11 is 0. The summed E-state index contributed by atoms with van der Waals surface area (Å²) in [7, 11) is -2.22. The van der Waals surface area contributed by atoms with E-state index in [9.17, 15) is 14.4 Å². The average molecular weight is 444 g/mol. The fourth-order valence-electron chi connectivity index (χ4n) is 5.36. The first kappa shape index (κ1) is 23.2. The first-order valence-corrected chi connectivity index (χ1v) is 13.0. The maximum atomic E-state index is 12.9. The van der Waals surface area contributed by atoms with Crippen LogP contribution in [0.5, 0.6) is 0 Å². The molecule has 168 valence electrons. The number of imide groups is 1. The van der Waals surface area contributed by atoms with Crippen LogP contribution in [0.25, 0.3) is 0 Å². The molecular weight excluding hydrogens is 410 g/mol. The van der Waals surface area contributed by atoms with Crippen molar-refractivity contribution < 1.29 is 18.8 Å². The lowest BCUT2D eigenvalue weighted by molar-refractivity contribution is -0.118. The minimum absolute atomic E-state index is 0.0856. The summed E-state index contributed by atoms with van der Waals surface area (Å²) in [5.74, 6) is -1.59. The van der Waals surface area contributed by atoms with Crippen LogP contribution in [-0.4, -0.2) is 43.1 Å². The quantitative estimate of drug-likeness (QED) is 0.496. The number of nitrogens with zero attached hydrogens (tertiary/aromatic N) is 1. The number of amides is 3. The smallest absolute Gasteiger partial charge is 0.270 e. The number of benzene rings is 1. The van der Waals surface area contributed by atoms with E-state index < -0.39 is 38.2 Å². The molecule has 2 heterocycles. The highest BCUT2D eigenvalue weighted by atomic mass is 28.4. The van der Waals surface area contributed by atoms with Crippen LogP contribution < -0.4 is 11.1 Å². The van der Waals surface area contributed by atoms with E-state index in [0.29, 0.717) is 16.6 Å². The van der Waals surface area contributed by atoms with Crippen LogP contribution in [0.15, 0.2) is 35.7 Å². The molecule has 0 aliphatic carbocycles. The van der Waals surface area contributed by atoms with Crippen molar-refractivity contribution in [3.05, 3.63) is 46.8 Å². The summed E-state index contributed by atoms with van der Waals surface area (Å²) < 4.78 is 6.77. The third kappa shape index (κ3) is 3.51. The van der Waals surface area contributed by atoms with Crippen LogP contribution in [0.2, 0.25) is 16.6 Å². The molecule has 3 rings (SSSR count). The van der Waals surface area contributed by atoms with Crippen LogP contribution in [0.1, 0.15) is 69.2 Å². The van der Waals surface area contributed by atoms with Crippen LogP contribution in [0.4, 0.5) is 0 Å². The Hall–Kier alpha value is -2.45. The lowest BCUT2D eigenvalue weighted by Gasteiger charge is -2.45. The lowest BCUT2D eigenvalue weighted by Crippen LogP contribution is -2.54. The topological polar surface area (TPSA) is 102 Å². The number of nitrogens with two attached hydrogens (primary N) is 1. The van der Waals surface area contributed by atoms with Crippen molar-refractivity contribution in [3.63, 3.8) is 0 Å². The molecule has 0 radical (unpaired) electrons. The molecule has 0 fully saturated rings. The standard InChI is InChI=1S/C23H33N3O4Si/c1-12(2)31(13(3)4,14(5)6)30-15(7)19-18(24)20(21(27)25-19)26-22(28)16-10-8-9-11-17(16)23(26)29/h8-15,19H,24H2,1-7H3,(H,25,27)/t15-,19+/m0/s1. The molecule has 1 aromatic rings. The fourth-order valence-corrected chi connectivity index (χ4v) is 11.0. The van der Waals surface area contributed by atoms with Crippen LogP contribution in [-0.2, 0) is 9.22 Å². The largest absolute Gasteiger partial charge is 0.411 e. The summed E-state index contributed by atoms with van der Waals surface area (Å²) in [4.78, 5) is 39.5. The zero-order valence-corrected chi connectivity index (χ0v) is 20.4. The normalized spacial score (nSPS) is 20.4.